The van der Waals surface area contributed by atoms with Crippen LogP contribution in [-0.2, 0) is 24.2 Å². The third-order valence-corrected chi connectivity index (χ3v) is 5.63. The Balaban J connectivity index is 1.90. The lowest BCUT2D eigenvalue weighted by Crippen LogP contribution is -2.43. The zero-order chi connectivity index (χ0) is 16.7. The van der Waals surface area contributed by atoms with Gasteiger partial charge in [0, 0.05) is 25.2 Å². The molecule has 1 atom stereocenters. The van der Waals surface area contributed by atoms with Crippen molar-refractivity contribution in [3.05, 3.63) is 34.9 Å². The third-order valence-electron chi connectivity index (χ3n) is 3.58. The van der Waals surface area contributed by atoms with Crippen molar-refractivity contribution in [3.8, 4) is 0 Å². The summed E-state index contributed by atoms with van der Waals surface area (Å²) in [6, 6.07) is 7.27. The largest absolute Gasteiger partial charge is 0.382 e. The van der Waals surface area contributed by atoms with Crippen molar-refractivity contribution in [1.82, 2.24) is 4.31 Å². The van der Waals surface area contributed by atoms with Crippen LogP contribution in [0.25, 0.3) is 0 Å². The van der Waals surface area contributed by atoms with Crippen LogP contribution in [0.5, 0.6) is 0 Å². The molecule has 8 heteroatoms. The first-order valence-electron chi connectivity index (χ1n) is 7.44. The summed E-state index contributed by atoms with van der Waals surface area (Å²) in [5, 5.41) is 0.641. The van der Waals surface area contributed by atoms with Crippen molar-refractivity contribution in [2.75, 3.05) is 52.4 Å². The van der Waals surface area contributed by atoms with Crippen LogP contribution in [0.1, 0.15) is 11.7 Å². The summed E-state index contributed by atoms with van der Waals surface area (Å²) in [6.45, 7) is 2.05. The van der Waals surface area contributed by atoms with Crippen LogP contribution < -0.4 is 0 Å². The molecule has 1 aromatic rings. The van der Waals surface area contributed by atoms with Crippen LogP contribution in [0.4, 0.5) is 0 Å². The molecule has 1 heterocycles. The van der Waals surface area contributed by atoms with Crippen molar-refractivity contribution in [2.24, 2.45) is 0 Å². The summed E-state index contributed by atoms with van der Waals surface area (Å²) in [7, 11) is -1.78. The molecule has 23 heavy (non-hydrogen) atoms. The fourth-order valence-electron chi connectivity index (χ4n) is 2.30. The number of hydrogen-bond donors (Lipinski definition) is 0. The lowest BCUT2D eigenvalue weighted by molar-refractivity contribution is -0.00283. The average Bonchev–Trinajstić information content (AvgIpc) is 2.55. The van der Waals surface area contributed by atoms with E-state index in [0.717, 1.165) is 5.56 Å². The standard InChI is InChI=1S/C15H22ClNO5S/c1-20-8-9-21-10-11-23(18,19)17-6-7-22-15(12-17)13-2-4-14(16)5-3-13/h2-5,15H,6-12H2,1H3. The predicted octanol–water partition coefficient (Wildman–Crippen LogP) is 1.71. The quantitative estimate of drug-likeness (QED) is 0.658. The van der Waals surface area contributed by atoms with Crippen molar-refractivity contribution in [3.63, 3.8) is 0 Å². The zero-order valence-electron chi connectivity index (χ0n) is 13.1. The SMILES string of the molecule is COCCOCCS(=O)(=O)N1CCOC(c2ccc(Cl)cc2)C1. The Morgan fingerprint density at radius 3 is 2.70 bits per heavy atom. The van der Waals surface area contributed by atoms with Crippen LogP contribution in [0.2, 0.25) is 5.02 Å². The van der Waals surface area contributed by atoms with Gasteiger partial charge in [-0.25, -0.2) is 8.42 Å². The number of nitrogens with zero attached hydrogens (tertiary/aromatic N) is 1. The van der Waals surface area contributed by atoms with Crippen molar-refractivity contribution in [1.29, 1.82) is 0 Å². The molecule has 1 aliphatic rings. The third kappa shape index (κ3) is 5.70. The molecule has 1 aromatic carbocycles. The number of benzene rings is 1. The van der Waals surface area contributed by atoms with Gasteiger partial charge in [0.15, 0.2) is 0 Å². The lowest BCUT2D eigenvalue weighted by atomic mass is 10.1. The van der Waals surface area contributed by atoms with Crippen LogP contribution in [-0.4, -0.2) is 65.1 Å². The van der Waals surface area contributed by atoms with Crippen LogP contribution in [0, 0.1) is 0 Å². The predicted molar refractivity (Wildman–Crippen MR) is 88.2 cm³/mol. The number of ether oxygens (including phenoxy) is 3. The number of rotatable bonds is 8. The number of morpholine rings is 1. The minimum Gasteiger partial charge on any atom is -0.382 e. The molecule has 1 saturated heterocycles. The highest BCUT2D eigenvalue weighted by Crippen LogP contribution is 2.25. The van der Waals surface area contributed by atoms with E-state index in [2.05, 4.69) is 0 Å². The Labute approximate surface area is 142 Å². The number of halogens is 1. The monoisotopic (exact) mass is 363 g/mol. The summed E-state index contributed by atoms with van der Waals surface area (Å²) in [6.07, 6.45) is -0.273. The van der Waals surface area contributed by atoms with Gasteiger partial charge in [-0.2, -0.15) is 4.31 Å². The second-order valence-corrected chi connectivity index (χ2v) is 7.72. The van der Waals surface area contributed by atoms with E-state index in [1.54, 1.807) is 19.2 Å². The van der Waals surface area contributed by atoms with Crippen LogP contribution in [0.3, 0.4) is 0 Å². The molecule has 0 aromatic heterocycles. The van der Waals surface area contributed by atoms with Gasteiger partial charge >= 0.3 is 0 Å². The first kappa shape index (κ1) is 18.6. The summed E-state index contributed by atoms with van der Waals surface area (Å²) < 4.78 is 42.0. The lowest BCUT2D eigenvalue weighted by Gasteiger charge is -2.32. The van der Waals surface area contributed by atoms with E-state index in [4.69, 9.17) is 25.8 Å². The summed E-state index contributed by atoms with van der Waals surface area (Å²) >= 11 is 5.88. The van der Waals surface area contributed by atoms with E-state index < -0.39 is 10.0 Å². The maximum atomic E-state index is 12.4. The normalized spacial score (nSPS) is 19.8. The Bertz CT molecular complexity index is 578. The maximum Gasteiger partial charge on any atom is 0.216 e. The van der Waals surface area contributed by atoms with E-state index in [0.29, 0.717) is 37.9 Å². The van der Waals surface area contributed by atoms with Gasteiger partial charge in [-0.15, -0.1) is 0 Å². The van der Waals surface area contributed by atoms with Gasteiger partial charge in [0.1, 0.15) is 0 Å². The molecule has 0 aliphatic carbocycles. The zero-order valence-corrected chi connectivity index (χ0v) is 14.7. The molecule has 1 fully saturated rings. The number of methoxy groups -OCH3 is 1. The minimum atomic E-state index is -3.36. The van der Waals surface area contributed by atoms with Gasteiger partial charge in [0.2, 0.25) is 10.0 Å². The molecule has 1 aliphatic heterocycles. The van der Waals surface area contributed by atoms with E-state index >= 15 is 0 Å². The molecular formula is C15H22ClNO5S. The van der Waals surface area contributed by atoms with Gasteiger partial charge < -0.3 is 14.2 Å². The smallest absolute Gasteiger partial charge is 0.216 e. The van der Waals surface area contributed by atoms with Gasteiger partial charge in [0.25, 0.3) is 0 Å². The summed E-state index contributed by atoms with van der Waals surface area (Å²) in [5.74, 6) is -0.0376. The van der Waals surface area contributed by atoms with Crippen molar-refractivity contribution in [2.45, 2.75) is 6.10 Å². The van der Waals surface area contributed by atoms with Crippen LogP contribution >= 0.6 is 11.6 Å². The Hall–Kier alpha value is -0.700. The van der Waals surface area contributed by atoms with E-state index in [1.807, 2.05) is 12.1 Å². The second-order valence-electron chi connectivity index (χ2n) is 5.19. The Kier molecular flexibility index (Phi) is 7.26. The highest BCUT2D eigenvalue weighted by molar-refractivity contribution is 7.89. The van der Waals surface area contributed by atoms with Crippen molar-refractivity contribution >= 4 is 21.6 Å². The molecular weight excluding hydrogens is 342 g/mol. The van der Waals surface area contributed by atoms with Crippen LogP contribution in [0.15, 0.2) is 24.3 Å². The van der Waals surface area contributed by atoms with E-state index in [9.17, 15) is 8.42 Å². The first-order valence-corrected chi connectivity index (χ1v) is 9.43. The molecule has 2 rings (SSSR count). The Morgan fingerprint density at radius 1 is 1.26 bits per heavy atom. The fourth-order valence-corrected chi connectivity index (χ4v) is 3.72. The Morgan fingerprint density at radius 2 is 2.00 bits per heavy atom. The topological polar surface area (TPSA) is 65.1 Å². The minimum absolute atomic E-state index is 0.0376. The van der Waals surface area contributed by atoms with E-state index in [-0.39, 0.29) is 18.5 Å². The molecule has 0 bridgehead atoms. The molecule has 0 amide bonds. The fraction of sp³-hybridized carbons (Fsp3) is 0.600. The first-order chi connectivity index (χ1) is 11.0. The average molecular weight is 364 g/mol. The molecule has 0 N–H and O–H groups in total. The van der Waals surface area contributed by atoms with E-state index in [1.165, 1.54) is 4.31 Å². The van der Waals surface area contributed by atoms with Gasteiger partial charge in [-0.05, 0) is 17.7 Å². The summed E-state index contributed by atoms with van der Waals surface area (Å²) in [4.78, 5) is 0. The molecule has 130 valence electrons. The molecule has 0 radical (unpaired) electrons. The molecule has 0 saturated carbocycles. The van der Waals surface area contributed by atoms with Gasteiger partial charge in [-0.1, -0.05) is 23.7 Å². The molecule has 6 nitrogen and oxygen atoms in total. The number of sulfonamides is 1. The maximum absolute atomic E-state index is 12.4. The van der Waals surface area contributed by atoms with Gasteiger partial charge in [-0.3, -0.25) is 0 Å². The summed E-state index contributed by atoms with van der Waals surface area (Å²) in [5.41, 5.74) is 0.922. The molecule has 0 spiro atoms. The number of hydrogen-bond acceptors (Lipinski definition) is 5. The highest BCUT2D eigenvalue weighted by atomic mass is 35.5. The second kappa shape index (κ2) is 8.96. The van der Waals surface area contributed by atoms with Gasteiger partial charge in [0.05, 0.1) is 38.3 Å². The van der Waals surface area contributed by atoms with Crippen molar-refractivity contribution < 1.29 is 22.6 Å². The highest BCUT2D eigenvalue weighted by Gasteiger charge is 2.30. The molecule has 1 unspecified atom stereocenters.